The molecule has 0 unspecified atom stereocenters. The van der Waals surface area contributed by atoms with E-state index in [1.165, 1.54) is 11.1 Å². The van der Waals surface area contributed by atoms with Crippen molar-refractivity contribution in [2.75, 3.05) is 6.26 Å². The van der Waals surface area contributed by atoms with Crippen LogP contribution in [0.1, 0.15) is 42.4 Å². The van der Waals surface area contributed by atoms with E-state index in [0.29, 0.717) is 0 Å². The third-order valence-corrected chi connectivity index (χ3v) is 4.98. The van der Waals surface area contributed by atoms with Crippen LogP contribution in [0.3, 0.4) is 0 Å². The lowest BCUT2D eigenvalue weighted by Crippen LogP contribution is -2.33. The number of carboxylic acid groups (broad SMARTS) is 1. The Morgan fingerprint density at radius 2 is 1.78 bits per heavy atom. The van der Waals surface area contributed by atoms with E-state index in [0.717, 1.165) is 36.1 Å². The minimum atomic E-state index is -0.654. The molecule has 3 heteroatoms. The van der Waals surface area contributed by atoms with Crippen LogP contribution in [0.15, 0.2) is 17.0 Å². The van der Waals surface area contributed by atoms with Crippen molar-refractivity contribution >= 4 is 17.7 Å². The minimum absolute atomic E-state index is 0.642. The highest BCUT2D eigenvalue weighted by molar-refractivity contribution is 7.98. The summed E-state index contributed by atoms with van der Waals surface area (Å²) in [5.74, 6) is -0.654. The summed E-state index contributed by atoms with van der Waals surface area (Å²) in [4.78, 5) is 12.9. The minimum Gasteiger partial charge on any atom is -0.481 e. The van der Waals surface area contributed by atoms with Crippen LogP contribution < -0.4 is 0 Å². The lowest BCUT2D eigenvalue weighted by molar-refractivity contribution is -0.143. The summed E-state index contributed by atoms with van der Waals surface area (Å²) < 4.78 is 0. The second kappa shape index (κ2) is 4.96. The smallest absolute Gasteiger partial charge is 0.314 e. The van der Waals surface area contributed by atoms with Crippen molar-refractivity contribution < 1.29 is 9.90 Å². The zero-order valence-electron chi connectivity index (χ0n) is 11.2. The third kappa shape index (κ3) is 2.05. The van der Waals surface area contributed by atoms with Crippen LogP contribution in [0.5, 0.6) is 0 Å². The molecular formula is C15H20O2S. The first-order chi connectivity index (χ1) is 8.51. The Morgan fingerprint density at radius 3 is 2.28 bits per heavy atom. The molecule has 1 saturated carbocycles. The Bertz CT molecular complexity index is 474. The first kappa shape index (κ1) is 13.5. The average Bonchev–Trinajstić information content (AvgIpc) is 2.82. The molecule has 98 valence electrons. The Kier molecular flexibility index (Phi) is 3.71. The second-order valence-electron chi connectivity index (χ2n) is 5.23. The number of carbonyl (C=O) groups is 1. The van der Waals surface area contributed by atoms with Gasteiger partial charge in [-0.3, -0.25) is 4.79 Å². The lowest BCUT2D eigenvalue weighted by atomic mass is 9.78. The molecule has 2 rings (SSSR count). The summed E-state index contributed by atoms with van der Waals surface area (Å²) in [6.45, 7) is 4.15. The van der Waals surface area contributed by atoms with Gasteiger partial charge in [-0.05, 0) is 55.7 Å². The number of aliphatic carboxylic acids is 1. The monoisotopic (exact) mass is 264 g/mol. The standard InChI is InChI=1S/C15H20O2S/c1-10-8-12(13(18-3)9-11(10)2)15(14(16)17)6-4-5-7-15/h8-9H,4-7H2,1-3H3,(H,16,17). The molecule has 1 aliphatic rings. The molecule has 1 aromatic rings. The summed E-state index contributed by atoms with van der Waals surface area (Å²) in [6.07, 6.45) is 5.62. The summed E-state index contributed by atoms with van der Waals surface area (Å²) >= 11 is 1.66. The molecule has 18 heavy (non-hydrogen) atoms. The molecule has 1 aliphatic carbocycles. The maximum Gasteiger partial charge on any atom is 0.314 e. The van der Waals surface area contributed by atoms with Gasteiger partial charge in [0.25, 0.3) is 0 Å². The summed E-state index contributed by atoms with van der Waals surface area (Å²) in [5.41, 5.74) is 2.82. The zero-order chi connectivity index (χ0) is 13.3. The van der Waals surface area contributed by atoms with E-state index in [2.05, 4.69) is 26.0 Å². The van der Waals surface area contributed by atoms with E-state index in [1.54, 1.807) is 11.8 Å². The Balaban J connectivity index is 2.61. The first-order valence-electron chi connectivity index (χ1n) is 6.40. The van der Waals surface area contributed by atoms with E-state index in [4.69, 9.17) is 0 Å². The van der Waals surface area contributed by atoms with E-state index in [1.807, 2.05) is 6.26 Å². The molecule has 0 saturated heterocycles. The summed E-state index contributed by atoms with van der Waals surface area (Å²) in [5, 5.41) is 9.69. The van der Waals surface area contributed by atoms with E-state index >= 15 is 0 Å². The van der Waals surface area contributed by atoms with Crippen LogP contribution in [-0.4, -0.2) is 17.3 Å². The van der Waals surface area contributed by atoms with Gasteiger partial charge in [0.05, 0.1) is 5.41 Å². The molecule has 0 heterocycles. The largest absolute Gasteiger partial charge is 0.481 e. The third-order valence-electron chi connectivity index (χ3n) is 4.20. The summed E-state index contributed by atoms with van der Waals surface area (Å²) in [6, 6.07) is 4.24. The van der Waals surface area contributed by atoms with Crippen LogP contribution >= 0.6 is 11.8 Å². The van der Waals surface area contributed by atoms with Crippen molar-refractivity contribution in [3.8, 4) is 0 Å². The van der Waals surface area contributed by atoms with Gasteiger partial charge in [-0.25, -0.2) is 0 Å². The van der Waals surface area contributed by atoms with Crippen LogP contribution in [0.25, 0.3) is 0 Å². The highest BCUT2D eigenvalue weighted by Crippen LogP contribution is 2.45. The Morgan fingerprint density at radius 1 is 1.22 bits per heavy atom. The molecule has 0 atom stereocenters. The van der Waals surface area contributed by atoms with Crippen molar-refractivity contribution in [1.82, 2.24) is 0 Å². The van der Waals surface area contributed by atoms with Crippen molar-refractivity contribution in [1.29, 1.82) is 0 Å². The lowest BCUT2D eigenvalue weighted by Gasteiger charge is -2.27. The van der Waals surface area contributed by atoms with Crippen molar-refractivity contribution in [2.24, 2.45) is 0 Å². The molecule has 1 fully saturated rings. The van der Waals surface area contributed by atoms with Gasteiger partial charge in [-0.1, -0.05) is 18.9 Å². The highest BCUT2D eigenvalue weighted by Gasteiger charge is 2.44. The van der Waals surface area contributed by atoms with Crippen molar-refractivity contribution in [3.05, 3.63) is 28.8 Å². The predicted molar refractivity (Wildman–Crippen MR) is 75.5 cm³/mol. The number of benzene rings is 1. The molecule has 1 aromatic carbocycles. The number of aryl methyl sites for hydroxylation is 2. The molecule has 0 amide bonds. The number of hydrogen-bond donors (Lipinski definition) is 1. The van der Waals surface area contributed by atoms with Gasteiger partial charge < -0.3 is 5.11 Å². The molecule has 2 nitrogen and oxygen atoms in total. The summed E-state index contributed by atoms with van der Waals surface area (Å²) in [7, 11) is 0. The van der Waals surface area contributed by atoms with Gasteiger partial charge in [-0.15, -0.1) is 11.8 Å². The van der Waals surface area contributed by atoms with Crippen molar-refractivity contribution in [3.63, 3.8) is 0 Å². The maximum atomic E-state index is 11.8. The van der Waals surface area contributed by atoms with Gasteiger partial charge in [0.15, 0.2) is 0 Å². The van der Waals surface area contributed by atoms with Gasteiger partial charge >= 0.3 is 5.97 Å². The van der Waals surface area contributed by atoms with Gasteiger partial charge in [0.2, 0.25) is 0 Å². The second-order valence-corrected chi connectivity index (χ2v) is 6.08. The molecule has 0 aliphatic heterocycles. The van der Waals surface area contributed by atoms with Gasteiger partial charge in [0.1, 0.15) is 0 Å². The Hall–Kier alpha value is -0.960. The van der Waals surface area contributed by atoms with Gasteiger partial charge in [-0.2, -0.15) is 0 Å². The van der Waals surface area contributed by atoms with E-state index in [9.17, 15) is 9.90 Å². The van der Waals surface area contributed by atoms with Crippen molar-refractivity contribution in [2.45, 2.75) is 49.8 Å². The predicted octanol–water partition coefficient (Wildman–Crippen LogP) is 3.92. The van der Waals surface area contributed by atoms with Crippen LogP contribution in [-0.2, 0) is 10.2 Å². The highest BCUT2D eigenvalue weighted by atomic mass is 32.2. The Labute approximate surface area is 113 Å². The molecule has 1 N–H and O–H groups in total. The zero-order valence-corrected chi connectivity index (χ0v) is 12.1. The molecule has 0 aromatic heterocycles. The average molecular weight is 264 g/mol. The number of carboxylic acids is 1. The quantitative estimate of drug-likeness (QED) is 0.841. The fourth-order valence-corrected chi connectivity index (χ4v) is 3.68. The van der Waals surface area contributed by atoms with Crippen LogP contribution in [0.2, 0.25) is 0 Å². The molecule has 0 spiro atoms. The molecule has 0 bridgehead atoms. The fourth-order valence-electron chi connectivity index (χ4n) is 2.91. The molecule has 0 radical (unpaired) electrons. The normalized spacial score (nSPS) is 17.9. The van der Waals surface area contributed by atoms with Gasteiger partial charge in [0, 0.05) is 4.90 Å². The topological polar surface area (TPSA) is 37.3 Å². The number of thioether (sulfide) groups is 1. The number of hydrogen-bond acceptors (Lipinski definition) is 2. The first-order valence-corrected chi connectivity index (χ1v) is 7.63. The van der Waals surface area contributed by atoms with Crippen LogP contribution in [0.4, 0.5) is 0 Å². The number of rotatable bonds is 3. The van der Waals surface area contributed by atoms with E-state index in [-0.39, 0.29) is 0 Å². The fraction of sp³-hybridized carbons (Fsp3) is 0.533. The van der Waals surface area contributed by atoms with Crippen LogP contribution in [0, 0.1) is 13.8 Å². The maximum absolute atomic E-state index is 11.8. The van der Waals surface area contributed by atoms with E-state index < -0.39 is 11.4 Å². The SMILES string of the molecule is CSc1cc(C)c(C)cc1C1(C(=O)O)CCCC1. The molecular weight excluding hydrogens is 244 g/mol.